The highest BCUT2D eigenvalue weighted by Crippen LogP contribution is 2.33. The van der Waals surface area contributed by atoms with Crippen molar-refractivity contribution in [2.75, 3.05) is 0 Å². The molecule has 0 bridgehead atoms. The quantitative estimate of drug-likeness (QED) is 0.493. The Labute approximate surface area is 172 Å². The van der Waals surface area contributed by atoms with Gasteiger partial charge in [-0.05, 0) is 54.3 Å². The van der Waals surface area contributed by atoms with E-state index >= 15 is 0 Å². The second kappa shape index (κ2) is 7.86. The van der Waals surface area contributed by atoms with Crippen LogP contribution in [0.3, 0.4) is 0 Å². The van der Waals surface area contributed by atoms with Crippen molar-refractivity contribution in [3.8, 4) is 16.9 Å². The fourth-order valence-electron chi connectivity index (χ4n) is 3.52. The first-order chi connectivity index (χ1) is 14.3. The molecular formula is C24H20F3NO2. The summed E-state index contributed by atoms with van der Waals surface area (Å²) in [5.74, 6) is 0.410. The predicted molar refractivity (Wildman–Crippen MR) is 110 cm³/mol. The van der Waals surface area contributed by atoms with E-state index in [4.69, 9.17) is 9.73 Å². The zero-order valence-corrected chi connectivity index (χ0v) is 16.5. The number of halogens is 3. The number of nitrogens with zero attached hydrogens (tertiary/aromatic N) is 1. The Hall–Kier alpha value is -3.28. The standard InChI is InChI=1S/C24H20F3NO2/c1-15-5-3-4-6-21(15)23-28-22(16(2)29-23)19-9-7-17(8-10-19)18-11-13-20(14-12-18)30-24(25,26)27/h3-14,16,22H,1-2H3/t16-,22-/m1/s1. The van der Waals surface area contributed by atoms with Crippen LogP contribution in [0.1, 0.15) is 29.7 Å². The summed E-state index contributed by atoms with van der Waals surface area (Å²) < 4.78 is 46.8. The SMILES string of the molecule is Cc1ccccc1C1=N[C@@H](c2ccc(-c3ccc(OC(F)(F)F)cc3)cc2)[C@@H](C)O1. The first kappa shape index (κ1) is 20.0. The summed E-state index contributed by atoms with van der Waals surface area (Å²) in [7, 11) is 0. The second-order valence-corrected chi connectivity index (χ2v) is 7.21. The fourth-order valence-corrected chi connectivity index (χ4v) is 3.52. The Kier molecular flexibility index (Phi) is 5.24. The number of aliphatic imine (C=N–C) groups is 1. The maximum atomic E-state index is 12.3. The Morgan fingerprint density at radius 2 is 1.47 bits per heavy atom. The van der Waals surface area contributed by atoms with Crippen LogP contribution >= 0.6 is 0 Å². The molecule has 3 aromatic rings. The van der Waals surface area contributed by atoms with Gasteiger partial charge in [0.15, 0.2) is 0 Å². The molecule has 0 saturated heterocycles. The molecule has 1 aliphatic rings. The lowest BCUT2D eigenvalue weighted by molar-refractivity contribution is -0.274. The Bertz CT molecular complexity index is 1060. The minimum atomic E-state index is -4.69. The molecule has 0 spiro atoms. The van der Waals surface area contributed by atoms with Gasteiger partial charge in [-0.3, -0.25) is 0 Å². The Morgan fingerprint density at radius 3 is 2.07 bits per heavy atom. The number of hydrogen-bond donors (Lipinski definition) is 0. The van der Waals surface area contributed by atoms with Gasteiger partial charge in [0, 0.05) is 5.56 Å². The highest BCUT2D eigenvalue weighted by molar-refractivity contribution is 5.96. The minimum absolute atomic E-state index is 0.0933. The summed E-state index contributed by atoms with van der Waals surface area (Å²) in [4.78, 5) is 4.79. The van der Waals surface area contributed by atoms with E-state index in [-0.39, 0.29) is 17.9 Å². The molecule has 0 aromatic heterocycles. The van der Waals surface area contributed by atoms with E-state index in [1.807, 2.05) is 62.4 Å². The molecule has 2 atom stereocenters. The van der Waals surface area contributed by atoms with E-state index in [9.17, 15) is 13.2 Å². The van der Waals surface area contributed by atoms with E-state index in [2.05, 4.69) is 4.74 Å². The highest BCUT2D eigenvalue weighted by Gasteiger charge is 2.31. The topological polar surface area (TPSA) is 30.8 Å². The van der Waals surface area contributed by atoms with Crippen LogP contribution in [0.5, 0.6) is 5.75 Å². The average Bonchev–Trinajstić information content (AvgIpc) is 3.09. The second-order valence-electron chi connectivity index (χ2n) is 7.21. The van der Waals surface area contributed by atoms with Crippen LogP contribution in [-0.4, -0.2) is 18.4 Å². The van der Waals surface area contributed by atoms with E-state index in [1.54, 1.807) is 12.1 Å². The van der Waals surface area contributed by atoms with Gasteiger partial charge in [0.25, 0.3) is 0 Å². The molecule has 30 heavy (non-hydrogen) atoms. The summed E-state index contributed by atoms with van der Waals surface area (Å²) in [6.45, 7) is 4.02. The fraction of sp³-hybridized carbons (Fsp3) is 0.208. The van der Waals surface area contributed by atoms with Crippen molar-refractivity contribution in [1.29, 1.82) is 0 Å². The summed E-state index contributed by atoms with van der Waals surface area (Å²) in [6, 6.07) is 21.5. The van der Waals surface area contributed by atoms with Gasteiger partial charge in [0.2, 0.25) is 5.90 Å². The molecule has 0 aliphatic carbocycles. The lowest BCUT2D eigenvalue weighted by Crippen LogP contribution is -2.16. The first-order valence-electron chi connectivity index (χ1n) is 9.57. The van der Waals surface area contributed by atoms with Crippen molar-refractivity contribution in [2.45, 2.75) is 32.4 Å². The van der Waals surface area contributed by atoms with Crippen molar-refractivity contribution in [1.82, 2.24) is 0 Å². The van der Waals surface area contributed by atoms with E-state index in [1.165, 1.54) is 12.1 Å². The van der Waals surface area contributed by atoms with Gasteiger partial charge in [-0.2, -0.15) is 0 Å². The maximum absolute atomic E-state index is 12.3. The molecule has 0 radical (unpaired) electrons. The number of rotatable bonds is 4. The van der Waals surface area contributed by atoms with Crippen molar-refractivity contribution >= 4 is 5.90 Å². The van der Waals surface area contributed by atoms with Gasteiger partial charge >= 0.3 is 6.36 Å². The molecule has 154 valence electrons. The maximum Gasteiger partial charge on any atom is 0.573 e. The summed E-state index contributed by atoms with van der Waals surface area (Å²) >= 11 is 0. The Balaban J connectivity index is 1.53. The molecule has 0 saturated carbocycles. The highest BCUT2D eigenvalue weighted by atomic mass is 19.4. The number of hydrogen-bond acceptors (Lipinski definition) is 3. The van der Waals surface area contributed by atoms with Gasteiger partial charge in [0.1, 0.15) is 17.9 Å². The van der Waals surface area contributed by atoms with E-state index in [0.717, 1.165) is 27.8 Å². The summed E-state index contributed by atoms with van der Waals surface area (Å²) in [6.07, 6.45) is -4.79. The lowest BCUT2D eigenvalue weighted by atomic mass is 9.99. The molecule has 4 rings (SSSR count). The van der Waals surface area contributed by atoms with Crippen molar-refractivity contribution < 1.29 is 22.6 Å². The number of alkyl halides is 3. The van der Waals surface area contributed by atoms with E-state index < -0.39 is 6.36 Å². The molecule has 3 nitrogen and oxygen atoms in total. The molecule has 0 N–H and O–H groups in total. The summed E-state index contributed by atoms with van der Waals surface area (Å²) in [5.41, 5.74) is 4.82. The predicted octanol–water partition coefficient (Wildman–Crippen LogP) is 6.47. The largest absolute Gasteiger partial charge is 0.573 e. The third-order valence-electron chi connectivity index (χ3n) is 5.05. The third kappa shape index (κ3) is 4.32. The smallest absolute Gasteiger partial charge is 0.472 e. The number of ether oxygens (including phenoxy) is 2. The molecule has 1 heterocycles. The van der Waals surface area contributed by atoms with Gasteiger partial charge in [-0.25, -0.2) is 4.99 Å². The van der Waals surface area contributed by atoms with Crippen LogP contribution in [0.2, 0.25) is 0 Å². The van der Waals surface area contributed by atoms with Crippen LogP contribution in [0.15, 0.2) is 77.8 Å². The van der Waals surface area contributed by atoms with Crippen molar-refractivity contribution in [3.05, 3.63) is 89.5 Å². The van der Waals surface area contributed by atoms with Crippen LogP contribution < -0.4 is 4.74 Å². The molecule has 1 aliphatic heterocycles. The molecule has 0 fully saturated rings. The van der Waals surface area contributed by atoms with Gasteiger partial charge < -0.3 is 9.47 Å². The third-order valence-corrected chi connectivity index (χ3v) is 5.05. The monoisotopic (exact) mass is 411 g/mol. The molecule has 0 unspecified atom stereocenters. The minimum Gasteiger partial charge on any atom is -0.472 e. The normalized spacial score (nSPS) is 18.6. The summed E-state index contributed by atoms with van der Waals surface area (Å²) in [5, 5.41) is 0. The van der Waals surface area contributed by atoms with Gasteiger partial charge in [-0.1, -0.05) is 54.6 Å². The van der Waals surface area contributed by atoms with Gasteiger partial charge in [0.05, 0.1) is 0 Å². The van der Waals surface area contributed by atoms with Crippen molar-refractivity contribution in [3.63, 3.8) is 0 Å². The average molecular weight is 411 g/mol. The van der Waals surface area contributed by atoms with Crippen LogP contribution in [0.4, 0.5) is 13.2 Å². The van der Waals surface area contributed by atoms with Gasteiger partial charge in [-0.15, -0.1) is 13.2 Å². The molecule has 6 heteroatoms. The van der Waals surface area contributed by atoms with Crippen molar-refractivity contribution in [2.24, 2.45) is 4.99 Å². The Morgan fingerprint density at radius 1 is 0.867 bits per heavy atom. The molecule has 0 amide bonds. The number of aryl methyl sites for hydroxylation is 1. The lowest BCUT2D eigenvalue weighted by Gasteiger charge is -2.14. The van der Waals surface area contributed by atoms with Crippen LogP contribution in [0, 0.1) is 6.92 Å². The molecule has 3 aromatic carbocycles. The first-order valence-corrected chi connectivity index (χ1v) is 9.57. The number of benzene rings is 3. The van der Waals surface area contributed by atoms with Crippen LogP contribution in [-0.2, 0) is 4.74 Å². The zero-order valence-electron chi connectivity index (χ0n) is 16.5. The van der Waals surface area contributed by atoms with E-state index in [0.29, 0.717) is 5.90 Å². The van der Waals surface area contributed by atoms with Crippen LogP contribution in [0.25, 0.3) is 11.1 Å². The zero-order chi connectivity index (χ0) is 21.3. The molecular weight excluding hydrogens is 391 g/mol.